The number of benzene rings is 2. The highest BCUT2D eigenvalue weighted by atomic mass is 35.5. The van der Waals surface area contributed by atoms with E-state index in [0.29, 0.717) is 11.3 Å². The van der Waals surface area contributed by atoms with Crippen molar-refractivity contribution in [1.29, 1.82) is 0 Å². The van der Waals surface area contributed by atoms with Crippen molar-refractivity contribution in [2.75, 3.05) is 5.32 Å². The van der Waals surface area contributed by atoms with E-state index in [1.54, 1.807) is 18.2 Å². The zero-order valence-electron chi connectivity index (χ0n) is 11.7. The lowest BCUT2D eigenvalue weighted by atomic mass is 10.1. The molecule has 1 aliphatic rings. The maximum absolute atomic E-state index is 12.9. The third-order valence-corrected chi connectivity index (χ3v) is 5.67. The third kappa shape index (κ3) is 3.78. The van der Waals surface area contributed by atoms with Crippen molar-refractivity contribution in [3.63, 3.8) is 0 Å². The smallest absolute Gasteiger partial charge is 0.239 e. The first-order valence-corrected chi connectivity index (χ1v) is 9.37. The molecule has 1 unspecified atom stereocenters. The number of sulfonamides is 1. The molecule has 2 aromatic rings. The number of halogens is 2. The largest absolute Gasteiger partial charge is 0.368 e. The van der Waals surface area contributed by atoms with Gasteiger partial charge in [0.1, 0.15) is 10.7 Å². The van der Waals surface area contributed by atoms with Gasteiger partial charge in [-0.05, 0) is 41.8 Å². The summed E-state index contributed by atoms with van der Waals surface area (Å²) in [6.07, 6.45) is 0.524. The first-order chi connectivity index (χ1) is 10.8. The Morgan fingerprint density at radius 2 is 1.96 bits per heavy atom. The van der Waals surface area contributed by atoms with E-state index in [1.807, 2.05) is 0 Å². The van der Waals surface area contributed by atoms with E-state index in [-0.39, 0.29) is 21.9 Å². The Balaban J connectivity index is 1.81. The van der Waals surface area contributed by atoms with E-state index in [2.05, 4.69) is 10.0 Å². The fourth-order valence-electron chi connectivity index (χ4n) is 2.25. The van der Waals surface area contributed by atoms with E-state index < -0.39 is 10.0 Å². The van der Waals surface area contributed by atoms with Gasteiger partial charge in [0.15, 0.2) is 0 Å². The first-order valence-electron chi connectivity index (χ1n) is 6.62. The molecule has 2 aromatic carbocycles. The predicted octanol–water partition coefficient (Wildman–Crippen LogP) is 2.72. The molecule has 0 saturated heterocycles. The summed E-state index contributed by atoms with van der Waals surface area (Å²) in [5.74, 6) is -0.277. The van der Waals surface area contributed by atoms with Crippen molar-refractivity contribution >= 4 is 39.3 Å². The van der Waals surface area contributed by atoms with Crippen LogP contribution in [0.1, 0.15) is 5.56 Å². The third-order valence-electron chi connectivity index (χ3n) is 3.33. The number of nitrogens with two attached hydrogens (primary N) is 1. The molecule has 1 aliphatic heterocycles. The lowest BCUT2D eigenvalue weighted by Gasteiger charge is -2.28. The van der Waals surface area contributed by atoms with Crippen molar-refractivity contribution in [3.05, 3.63) is 52.8 Å². The van der Waals surface area contributed by atoms with Gasteiger partial charge in [-0.2, -0.15) is 0 Å². The molecule has 0 bridgehead atoms. The molecule has 0 aromatic heterocycles. The van der Waals surface area contributed by atoms with Gasteiger partial charge >= 0.3 is 0 Å². The molecule has 5 nitrogen and oxygen atoms in total. The Hall–Kier alpha value is -1.32. The zero-order valence-corrected chi connectivity index (χ0v) is 14.1. The summed E-state index contributed by atoms with van der Waals surface area (Å²) in [5.41, 5.74) is 1.69. The number of hydrogen-bond acceptors (Lipinski definition) is 5. The summed E-state index contributed by atoms with van der Waals surface area (Å²) in [5, 5.41) is 8.44. The molecule has 3 rings (SSSR count). The van der Waals surface area contributed by atoms with Gasteiger partial charge in [0.05, 0.1) is 16.9 Å². The van der Waals surface area contributed by atoms with Crippen LogP contribution in [-0.2, 0) is 16.4 Å². The van der Waals surface area contributed by atoms with Crippen LogP contribution < -0.4 is 15.2 Å². The first kappa shape index (κ1) is 16.5. The number of primary sulfonamides is 1. The van der Waals surface area contributed by atoms with Crippen molar-refractivity contribution in [2.45, 2.75) is 22.4 Å². The van der Waals surface area contributed by atoms with Crippen LogP contribution in [0.3, 0.4) is 0 Å². The predicted molar refractivity (Wildman–Crippen MR) is 89.3 cm³/mol. The quantitative estimate of drug-likeness (QED) is 0.720. The Morgan fingerprint density at radius 1 is 1.26 bits per heavy atom. The second-order valence-corrected chi connectivity index (χ2v) is 7.89. The summed E-state index contributed by atoms with van der Waals surface area (Å²) < 4.78 is 39.1. The second kappa shape index (κ2) is 6.29. The molecular formula is C14H13ClFN3O2S2. The summed E-state index contributed by atoms with van der Waals surface area (Å²) in [7, 11) is -3.87. The number of fused-ring (bicyclic) bond motifs is 1. The van der Waals surface area contributed by atoms with Gasteiger partial charge in [0.25, 0.3) is 0 Å². The van der Waals surface area contributed by atoms with Gasteiger partial charge in [-0.15, -0.1) is 0 Å². The number of anilines is 1. The van der Waals surface area contributed by atoms with Gasteiger partial charge in [-0.25, -0.2) is 22.7 Å². The lowest BCUT2D eigenvalue weighted by molar-refractivity contribution is 0.597. The SMILES string of the molecule is NS(=O)(=O)c1cc2c(cc1Cl)NC(Cc1ccc(F)cc1)NS2. The molecule has 23 heavy (non-hydrogen) atoms. The molecular weight excluding hydrogens is 361 g/mol. The van der Waals surface area contributed by atoms with Gasteiger partial charge in [-0.1, -0.05) is 23.7 Å². The highest BCUT2D eigenvalue weighted by Gasteiger charge is 2.23. The minimum atomic E-state index is -3.87. The van der Waals surface area contributed by atoms with Crippen molar-refractivity contribution in [2.24, 2.45) is 5.14 Å². The normalized spacial score (nSPS) is 17.4. The highest BCUT2D eigenvalue weighted by Crippen LogP contribution is 2.36. The Kier molecular flexibility index (Phi) is 4.52. The van der Waals surface area contributed by atoms with Gasteiger partial charge in [0.2, 0.25) is 10.0 Å². The average molecular weight is 374 g/mol. The fourth-order valence-corrected chi connectivity index (χ4v) is 4.24. The van der Waals surface area contributed by atoms with E-state index in [9.17, 15) is 12.8 Å². The molecule has 9 heteroatoms. The van der Waals surface area contributed by atoms with E-state index in [4.69, 9.17) is 16.7 Å². The van der Waals surface area contributed by atoms with E-state index >= 15 is 0 Å². The molecule has 0 aliphatic carbocycles. The van der Waals surface area contributed by atoms with Crippen LogP contribution in [0.2, 0.25) is 5.02 Å². The summed E-state index contributed by atoms with van der Waals surface area (Å²) in [4.78, 5) is 0.583. The minimum absolute atomic E-state index is 0.0711. The Morgan fingerprint density at radius 3 is 2.61 bits per heavy atom. The second-order valence-electron chi connectivity index (χ2n) is 5.07. The van der Waals surface area contributed by atoms with Gasteiger partial charge < -0.3 is 5.32 Å². The van der Waals surface area contributed by atoms with Crippen LogP contribution in [0, 0.1) is 5.82 Å². The van der Waals surface area contributed by atoms with Crippen molar-refractivity contribution in [3.8, 4) is 0 Å². The van der Waals surface area contributed by atoms with Gasteiger partial charge in [-0.3, -0.25) is 0 Å². The Labute approximate surface area is 142 Å². The van der Waals surface area contributed by atoms with Crippen LogP contribution in [0.5, 0.6) is 0 Å². The van der Waals surface area contributed by atoms with Crippen LogP contribution in [-0.4, -0.2) is 14.6 Å². The van der Waals surface area contributed by atoms with Crippen molar-refractivity contribution < 1.29 is 12.8 Å². The average Bonchev–Trinajstić information content (AvgIpc) is 2.47. The van der Waals surface area contributed by atoms with Crippen LogP contribution in [0.4, 0.5) is 10.1 Å². The highest BCUT2D eigenvalue weighted by molar-refractivity contribution is 7.97. The molecule has 122 valence electrons. The molecule has 0 fully saturated rings. The summed E-state index contributed by atoms with van der Waals surface area (Å²) in [6.45, 7) is 0. The molecule has 4 N–H and O–H groups in total. The minimum Gasteiger partial charge on any atom is -0.368 e. The van der Waals surface area contributed by atoms with Crippen LogP contribution in [0.25, 0.3) is 0 Å². The number of rotatable bonds is 3. The molecule has 1 heterocycles. The molecule has 0 amide bonds. The molecule has 0 saturated carbocycles. The lowest BCUT2D eigenvalue weighted by Crippen LogP contribution is -2.37. The summed E-state index contributed by atoms with van der Waals surface area (Å²) in [6, 6.07) is 9.24. The molecule has 0 spiro atoms. The van der Waals surface area contributed by atoms with Crippen LogP contribution >= 0.6 is 23.5 Å². The summed E-state index contributed by atoms with van der Waals surface area (Å²) >= 11 is 7.29. The fraction of sp³-hybridized carbons (Fsp3) is 0.143. The molecule has 0 radical (unpaired) electrons. The zero-order chi connectivity index (χ0) is 16.6. The molecule has 1 atom stereocenters. The number of nitrogens with one attached hydrogen (secondary N) is 2. The van der Waals surface area contributed by atoms with Gasteiger partial charge in [0, 0.05) is 11.3 Å². The maximum Gasteiger partial charge on any atom is 0.239 e. The topological polar surface area (TPSA) is 84.2 Å². The van der Waals surface area contributed by atoms with Crippen molar-refractivity contribution in [1.82, 2.24) is 4.72 Å². The van der Waals surface area contributed by atoms with E-state index in [0.717, 1.165) is 11.3 Å². The standard InChI is InChI=1S/C14H13ClFN3O2S2/c15-10-6-11-12(7-13(10)23(17,20)21)22-19-14(18-11)5-8-1-3-9(16)4-2-8/h1-4,6-7,14,18-19H,5H2,(H2,17,20,21). The number of hydrogen-bond donors (Lipinski definition) is 3. The Bertz CT molecular complexity index is 844. The van der Waals surface area contributed by atoms with Crippen LogP contribution in [0.15, 0.2) is 46.2 Å². The maximum atomic E-state index is 12.9. The monoisotopic (exact) mass is 373 g/mol. The van der Waals surface area contributed by atoms with E-state index in [1.165, 1.54) is 30.1 Å².